The number of hydrogen-bond acceptors (Lipinski definition) is 3. The molecule has 1 unspecified atom stereocenters. The van der Waals surface area contributed by atoms with Gasteiger partial charge >= 0.3 is 6.18 Å². The van der Waals surface area contributed by atoms with Crippen molar-refractivity contribution in [3.05, 3.63) is 29.3 Å². The third kappa shape index (κ3) is 2.61. The summed E-state index contributed by atoms with van der Waals surface area (Å²) >= 11 is 0. The van der Waals surface area contributed by atoms with Gasteiger partial charge in [0.1, 0.15) is 5.78 Å². The van der Waals surface area contributed by atoms with Gasteiger partial charge in [-0.1, -0.05) is 26.8 Å². The minimum absolute atomic E-state index is 0.121. The SMILES string of the molecule is CC(C)(C)C(=O)CC1(O)C(=O)Nc2cccc(C(F)(F)F)c21. The molecule has 1 aromatic carbocycles. The minimum Gasteiger partial charge on any atom is -0.375 e. The number of carbonyl (C=O) groups excluding carboxylic acids is 2. The highest BCUT2D eigenvalue weighted by Gasteiger charge is 2.52. The van der Waals surface area contributed by atoms with Crippen molar-refractivity contribution < 1.29 is 27.9 Å². The highest BCUT2D eigenvalue weighted by Crippen LogP contribution is 2.46. The molecule has 0 radical (unpaired) electrons. The van der Waals surface area contributed by atoms with Crippen LogP contribution < -0.4 is 5.32 Å². The number of aliphatic hydroxyl groups is 1. The fourth-order valence-corrected chi connectivity index (χ4v) is 2.34. The van der Waals surface area contributed by atoms with E-state index in [-0.39, 0.29) is 5.69 Å². The number of fused-ring (bicyclic) bond motifs is 1. The van der Waals surface area contributed by atoms with Gasteiger partial charge in [0, 0.05) is 23.1 Å². The second-order valence-corrected chi connectivity index (χ2v) is 6.39. The van der Waals surface area contributed by atoms with Crippen LogP contribution >= 0.6 is 0 Å². The van der Waals surface area contributed by atoms with E-state index in [1.807, 2.05) is 0 Å². The molecule has 0 spiro atoms. The van der Waals surface area contributed by atoms with E-state index in [1.165, 1.54) is 6.07 Å². The van der Waals surface area contributed by atoms with Crippen molar-refractivity contribution in [2.45, 2.75) is 39.0 Å². The number of amides is 1. The average Bonchev–Trinajstić information content (AvgIpc) is 2.59. The number of carbonyl (C=O) groups is 2. The lowest BCUT2D eigenvalue weighted by atomic mass is 9.79. The van der Waals surface area contributed by atoms with Gasteiger partial charge in [0.05, 0.1) is 5.56 Å². The fourth-order valence-electron chi connectivity index (χ4n) is 2.34. The maximum absolute atomic E-state index is 13.1. The molecule has 1 heterocycles. The van der Waals surface area contributed by atoms with Gasteiger partial charge in [-0.2, -0.15) is 13.2 Å². The Kier molecular flexibility index (Phi) is 3.60. The van der Waals surface area contributed by atoms with Crippen LogP contribution in [0.2, 0.25) is 0 Å². The third-order valence-electron chi connectivity index (χ3n) is 3.66. The van der Waals surface area contributed by atoms with Crippen LogP contribution in [0.25, 0.3) is 0 Å². The topological polar surface area (TPSA) is 66.4 Å². The minimum atomic E-state index is -4.74. The van der Waals surface area contributed by atoms with Gasteiger partial charge in [-0.05, 0) is 12.1 Å². The van der Waals surface area contributed by atoms with Gasteiger partial charge in [0.25, 0.3) is 5.91 Å². The Bertz CT molecular complexity index is 646. The Morgan fingerprint density at radius 3 is 2.36 bits per heavy atom. The summed E-state index contributed by atoms with van der Waals surface area (Å²) in [6.45, 7) is 4.71. The summed E-state index contributed by atoms with van der Waals surface area (Å²) in [5, 5.41) is 12.8. The average molecular weight is 315 g/mol. The number of Topliss-reactive ketones (excluding diaryl/α,β-unsaturated/α-hetero) is 1. The zero-order chi connectivity index (χ0) is 16.9. The number of ketones is 1. The molecule has 2 N–H and O–H groups in total. The Labute approximate surface area is 125 Å². The maximum atomic E-state index is 13.1. The van der Waals surface area contributed by atoms with E-state index in [1.54, 1.807) is 20.8 Å². The number of alkyl halides is 3. The van der Waals surface area contributed by atoms with Crippen LogP contribution in [-0.2, 0) is 21.4 Å². The van der Waals surface area contributed by atoms with Gasteiger partial charge in [-0.15, -0.1) is 0 Å². The lowest BCUT2D eigenvalue weighted by Gasteiger charge is -2.26. The van der Waals surface area contributed by atoms with E-state index in [0.717, 1.165) is 12.1 Å². The van der Waals surface area contributed by atoms with Crippen LogP contribution in [0.3, 0.4) is 0 Å². The van der Waals surface area contributed by atoms with Gasteiger partial charge in [0.2, 0.25) is 0 Å². The number of halogens is 3. The van der Waals surface area contributed by atoms with Crippen molar-refractivity contribution in [3.63, 3.8) is 0 Å². The zero-order valence-corrected chi connectivity index (χ0v) is 12.3. The number of hydrogen-bond donors (Lipinski definition) is 2. The first-order valence-corrected chi connectivity index (χ1v) is 6.65. The van der Waals surface area contributed by atoms with Crippen molar-refractivity contribution in [2.75, 3.05) is 5.32 Å². The smallest absolute Gasteiger partial charge is 0.375 e. The molecule has 7 heteroatoms. The molecule has 0 fully saturated rings. The molecule has 0 bridgehead atoms. The molecule has 1 aromatic rings. The van der Waals surface area contributed by atoms with E-state index in [4.69, 9.17) is 0 Å². The van der Waals surface area contributed by atoms with E-state index in [2.05, 4.69) is 5.32 Å². The Balaban J connectivity index is 2.58. The lowest BCUT2D eigenvalue weighted by Crippen LogP contribution is -2.40. The molecule has 0 aliphatic carbocycles. The first-order valence-electron chi connectivity index (χ1n) is 6.65. The normalized spacial score (nSPS) is 21.5. The summed E-state index contributed by atoms with van der Waals surface area (Å²) in [5.74, 6) is -1.52. The molecule has 0 aromatic heterocycles. The van der Waals surface area contributed by atoms with E-state index >= 15 is 0 Å². The summed E-state index contributed by atoms with van der Waals surface area (Å²) < 4.78 is 39.4. The molecule has 1 aliphatic rings. The predicted molar refractivity (Wildman–Crippen MR) is 73.0 cm³/mol. The molecule has 1 aliphatic heterocycles. The molecule has 120 valence electrons. The summed E-state index contributed by atoms with van der Waals surface area (Å²) in [6.07, 6.45) is -5.45. The van der Waals surface area contributed by atoms with E-state index in [9.17, 15) is 27.9 Å². The molecule has 4 nitrogen and oxygen atoms in total. The highest BCUT2D eigenvalue weighted by atomic mass is 19.4. The van der Waals surface area contributed by atoms with Crippen molar-refractivity contribution in [3.8, 4) is 0 Å². The van der Waals surface area contributed by atoms with Crippen molar-refractivity contribution in [1.82, 2.24) is 0 Å². The molecule has 1 amide bonds. The summed E-state index contributed by atoms with van der Waals surface area (Å²) in [4.78, 5) is 24.1. The Morgan fingerprint density at radius 1 is 1.27 bits per heavy atom. The van der Waals surface area contributed by atoms with E-state index in [0.29, 0.717) is 0 Å². The number of benzene rings is 1. The second kappa shape index (κ2) is 4.81. The molecule has 0 saturated heterocycles. The van der Waals surface area contributed by atoms with Crippen molar-refractivity contribution >= 4 is 17.4 Å². The fraction of sp³-hybridized carbons (Fsp3) is 0.467. The van der Waals surface area contributed by atoms with Crippen LogP contribution in [0.5, 0.6) is 0 Å². The zero-order valence-electron chi connectivity index (χ0n) is 12.3. The van der Waals surface area contributed by atoms with Crippen LogP contribution in [0.1, 0.15) is 38.3 Å². The predicted octanol–water partition coefficient (Wildman–Crippen LogP) is 2.85. The standard InChI is InChI=1S/C15H16F3NO3/c1-13(2,3)10(20)7-14(22)11-8(15(16,17)18)5-4-6-9(11)19-12(14)21/h4-6,22H,7H2,1-3H3,(H,19,21). The van der Waals surface area contributed by atoms with Crippen molar-refractivity contribution in [1.29, 1.82) is 0 Å². The Morgan fingerprint density at radius 2 is 1.86 bits per heavy atom. The number of nitrogens with one attached hydrogen (secondary N) is 1. The molecule has 22 heavy (non-hydrogen) atoms. The van der Waals surface area contributed by atoms with Gasteiger partial charge in [-0.25, -0.2) is 0 Å². The van der Waals surface area contributed by atoms with Gasteiger partial charge in [-0.3, -0.25) is 9.59 Å². The van der Waals surface area contributed by atoms with Crippen LogP contribution in [-0.4, -0.2) is 16.8 Å². The lowest BCUT2D eigenvalue weighted by molar-refractivity contribution is -0.148. The molecule has 1 atom stereocenters. The number of rotatable bonds is 2. The summed E-state index contributed by atoms with van der Waals surface area (Å²) in [7, 11) is 0. The molecule has 0 saturated carbocycles. The monoisotopic (exact) mass is 315 g/mol. The van der Waals surface area contributed by atoms with Crippen LogP contribution in [0.15, 0.2) is 18.2 Å². The van der Waals surface area contributed by atoms with Crippen LogP contribution in [0.4, 0.5) is 18.9 Å². The van der Waals surface area contributed by atoms with Gasteiger partial charge < -0.3 is 10.4 Å². The third-order valence-corrected chi connectivity index (χ3v) is 3.66. The van der Waals surface area contributed by atoms with Crippen molar-refractivity contribution in [2.24, 2.45) is 5.41 Å². The highest BCUT2D eigenvalue weighted by molar-refractivity contribution is 6.08. The first kappa shape index (κ1) is 16.5. The molecular weight excluding hydrogens is 299 g/mol. The second-order valence-electron chi connectivity index (χ2n) is 6.39. The van der Waals surface area contributed by atoms with E-state index < -0.39 is 46.4 Å². The quantitative estimate of drug-likeness (QED) is 0.882. The van der Waals surface area contributed by atoms with Crippen LogP contribution in [0, 0.1) is 5.41 Å². The Hall–Kier alpha value is -1.89. The molecule has 2 rings (SSSR count). The molecular formula is C15H16F3NO3. The number of anilines is 1. The maximum Gasteiger partial charge on any atom is 0.416 e. The summed E-state index contributed by atoms with van der Waals surface area (Å²) in [6, 6.07) is 3.19. The summed E-state index contributed by atoms with van der Waals surface area (Å²) in [5.41, 5.74) is -5.21. The largest absolute Gasteiger partial charge is 0.416 e. The first-order chi connectivity index (χ1) is 9.87. The van der Waals surface area contributed by atoms with Gasteiger partial charge in [0.15, 0.2) is 5.60 Å².